The highest BCUT2D eigenvalue weighted by Crippen LogP contribution is 2.31. The number of nitrogens with zero attached hydrogens (tertiary/aromatic N) is 2. The van der Waals surface area contributed by atoms with E-state index >= 15 is 0 Å². The Morgan fingerprint density at radius 2 is 2.39 bits per heavy atom. The molecule has 1 aliphatic rings. The molecule has 3 unspecified atom stereocenters. The Morgan fingerprint density at radius 1 is 1.61 bits per heavy atom. The molecule has 0 aromatic carbocycles. The summed E-state index contributed by atoms with van der Waals surface area (Å²) in [5, 5.41) is 4.64. The van der Waals surface area contributed by atoms with Gasteiger partial charge in [0.1, 0.15) is 0 Å². The second-order valence-electron chi connectivity index (χ2n) is 5.08. The molecular weight excluding hydrogens is 250 g/mol. The van der Waals surface area contributed by atoms with Gasteiger partial charge >= 0.3 is 0 Å². The first kappa shape index (κ1) is 13.8. The van der Waals surface area contributed by atoms with E-state index in [2.05, 4.69) is 24.0 Å². The lowest BCUT2D eigenvalue weighted by Gasteiger charge is -2.21. The third-order valence-electron chi connectivity index (χ3n) is 3.55. The van der Waals surface area contributed by atoms with Crippen LogP contribution in [0.1, 0.15) is 38.9 Å². The summed E-state index contributed by atoms with van der Waals surface area (Å²) in [6.07, 6.45) is 1.14. The molecule has 2 N–H and O–H groups in total. The van der Waals surface area contributed by atoms with Gasteiger partial charge in [0.2, 0.25) is 5.89 Å². The molecule has 0 radical (unpaired) electrons. The van der Waals surface area contributed by atoms with Gasteiger partial charge < -0.3 is 15.0 Å². The molecule has 5 nitrogen and oxygen atoms in total. The van der Waals surface area contributed by atoms with Crippen molar-refractivity contribution in [1.29, 1.82) is 0 Å². The summed E-state index contributed by atoms with van der Waals surface area (Å²) in [5.74, 6) is 2.13. The zero-order valence-electron chi connectivity index (χ0n) is 11.2. The second kappa shape index (κ2) is 5.59. The van der Waals surface area contributed by atoms with E-state index in [-0.39, 0.29) is 11.5 Å². The molecule has 1 saturated heterocycles. The molecule has 6 heteroatoms. The van der Waals surface area contributed by atoms with Crippen LogP contribution in [0.15, 0.2) is 4.52 Å². The van der Waals surface area contributed by atoms with Crippen LogP contribution < -0.4 is 5.73 Å². The van der Waals surface area contributed by atoms with Gasteiger partial charge in [0.15, 0.2) is 5.82 Å². The lowest BCUT2D eigenvalue weighted by Crippen LogP contribution is -2.42. The zero-order chi connectivity index (χ0) is 13.2. The summed E-state index contributed by atoms with van der Waals surface area (Å²) in [5.41, 5.74) is 5.70. The highest BCUT2D eigenvalue weighted by Gasteiger charge is 2.44. The van der Waals surface area contributed by atoms with E-state index in [1.807, 2.05) is 18.7 Å². The number of hydrogen-bond donors (Lipinski definition) is 1. The molecule has 2 heterocycles. The molecule has 0 aliphatic carbocycles. The van der Waals surface area contributed by atoms with Gasteiger partial charge in [-0.1, -0.05) is 19.0 Å². The lowest BCUT2D eigenvalue weighted by atomic mass is 9.86. The Kier molecular flexibility index (Phi) is 4.29. The van der Waals surface area contributed by atoms with E-state index in [0.717, 1.165) is 18.0 Å². The standard InChI is InChI=1S/C12H21N3O2S/c1-4-8(2)18-6-10-14-11(17-15-10)12(3)7-16-5-9(12)13/h8-9H,4-7,13H2,1-3H3. The predicted molar refractivity (Wildman–Crippen MR) is 71.5 cm³/mol. The van der Waals surface area contributed by atoms with Gasteiger partial charge in [-0.05, 0) is 13.3 Å². The quantitative estimate of drug-likeness (QED) is 0.879. The minimum atomic E-state index is -0.341. The van der Waals surface area contributed by atoms with E-state index in [4.69, 9.17) is 15.0 Å². The van der Waals surface area contributed by atoms with Crippen LogP contribution in [0.3, 0.4) is 0 Å². The molecule has 3 atom stereocenters. The Morgan fingerprint density at radius 3 is 3.00 bits per heavy atom. The first-order chi connectivity index (χ1) is 8.56. The van der Waals surface area contributed by atoms with Gasteiger partial charge in [-0.25, -0.2) is 0 Å². The van der Waals surface area contributed by atoms with Gasteiger partial charge in [-0.3, -0.25) is 0 Å². The highest BCUT2D eigenvalue weighted by molar-refractivity contribution is 7.99. The van der Waals surface area contributed by atoms with Crippen molar-refractivity contribution in [2.45, 2.75) is 49.7 Å². The predicted octanol–water partition coefficient (Wildman–Crippen LogP) is 1.72. The summed E-state index contributed by atoms with van der Waals surface area (Å²) < 4.78 is 10.7. The Balaban J connectivity index is 2.02. The maximum Gasteiger partial charge on any atom is 0.236 e. The molecular formula is C12H21N3O2S. The van der Waals surface area contributed by atoms with Crippen molar-refractivity contribution in [2.75, 3.05) is 13.2 Å². The summed E-state index contributed by atoms with van der Waals surface area (Å²) in [6.45, 7) is 7.50. The highest BCUT2D eigenvalue weighted by atomic mass is 32.2. The lowest BCUT2D eigenvalue weighted by molar-refractivity contribution is 0.169. The minimum Gasteiger partial charge on any atom is -0.379 e. The van der Waals surface area contributed by atoms with Crippen molar-refractivity contribution in [3.63, 3.8) is 0 Å². The Bertz CT molecular complexity index is 398. The van der Waals surface area contributed by atoms with Gasteiger partial charge in [0, 0.05) is 11.3 Å². The van der Waals surface area contributed by atoms with Crippen LogP contribution in [-0.2, 0) is 15.9 Å². The molecule has 0 bridgehead atoms. The average molecular weight is 271 g/mol. The van der Waals surface area contributed by atoms with Crippen LogP contribution in [0.25, 0.3) is 0 Å². The molecule has 0 spiro atoms. The van der Waals surface area contributed by atoms with E-state index in [0.29, 0.717) is 24.4 Å². The van der Waals surface area contributed by atoms with E-state index in [1.165, 1.54) is 0 Å². The third kappa shape index (κ3) is 2.70. The van der Waals surface area contributed by atoms with E-state index in [1.54, 1.807) is 0 Å². The van der Waals surface area contributed by atoms with Crippen molar-refractivity contribution in [2.24, 2.45) is 5.73 Å². The first-order valence-corrected chi connectivity index (χ1v) is 7.39. The topological polar surface area (TPSA) is 74.2 Å². The van der Waals surface area contributed by atoms with Crippen molar-refractivity contribution < 1.29 is 9.26 Å². The smallest absolute Gasteiger partial charge is 0.236 e. The number of hydrogen-bond acceptors (Lipinski definition) is 6. The molecule has 1 aliphatic heterocycles. The first-order valence-electron chi connectivity index (χ1n) is 6.34. The van der Waals surface area contributed by atoms with Crippen LogP contribution >= 0.6 is 11.8 Å². The number of thioether (sulfide) groups is 1. The molecule has 18 heavy (non-hydrogen) atoms. The largest absolute Gasteiger partial charge is 0.379 e. The summed E-state index contributed by atoms with van der Waals surface area (Å²) in [6, 6.07) is -0.0759. The molecule has 1 aromatic rings. The average Bonchev–Trinajstić information content (AvgIpc) is 2.95. The number of nitrogens with two attached hydrogens (primary N) is 1. The maximum absolute atomic E-state index is 6.04. The molecule has 1 aromatic heterocycles. The van der Waals surface area contributed by atoms with Crippen molar-refractivity contribution >= 4 is 11.8 Å². The normalized spacial score (nSPS) is 29.7. The summed E-state index contributed by atoms with van der Waals surface area (Å²) in [4.78, 5) is 4.46. The molecule has 2 rings (SSSR count). The molecule has 102 valence electrons. The fourth-order valence-corrected chi connectivity index (χ4v) is 2.57. The van der Waals surface area contributed by atoms with Crippen LogP contribution in [0.4, 0.5) is 0 Å². The minimum absolute atomic E-state index is 0.0759. The van der Waals surface area contributed by atoms with Crippen molar-refractivity contribution in [1.82, 2.24) is 10.1 Å². The maximum atomic E-state index is 6.04. The van der Waals surface area contributed by atoms with Crippen molar-refractivity contribution in [3.05, 3.63) is 11.7 Å². The van der Waals surface area contributed by atoms with Crippen LogP contribution in [-0.4, -0.2) is 34.6 Å². The van der Waals surface area contributed by atoms with Gasteiger partial charge in [0.25, 0.3) is 0 Å². The third-order valence-corrected chi connectivity index (χ3v) is 4.87. The fourth-order valence-electron chi connectivity index (χ4n) is 1.79. The van der Waals surface area contributed by atoms with Crippen LogP contribution in [0, 0.1) is 0 Å². The number of rotatable bonds is 5. The Labute approximate surface area is 112 Å². The van der Waals surface area contributed by atoms with Crippen LogP contribution in [0.2, 0.25) is 0 Å². The van der Waals surface area contributed by atoms with Crippen molar-refractivity contribution in [3.8, 4) is 0 Å². The zero-order valence-corrected chi connectivity index (χ0v) is 12.0. The Hall–Kier alpha value is -0.590. The summed E-state index contributed by atoms with van der Waals surface area (Å²) in [7, 11) is 0. The van der Waals surface area contributed by atoms with Gasteiger partial charge in [0.05, 0.1) is 24.4 Å². The fraction of sp³-hybridized carbons (Fsp3) is 0.833. The number of aromatic nitrogens is 2. The molecule has 0 amide bonds. The molecule has 0 saturated carbocycles. The van der Waals surface area contributed by atoms with E-state index < -0.39 is 0 Å². The summed E-state index contributed by atoms with van der Waals surface area (Å²) >= 11 is 1.84. The van der Waals surface area contributed by atoms with Crippen LogP contribution in [0.5, 0.6) is 0 Å². The number of ether oxygens (including phenoxy) is 1. The SMILES string of the molecule is CCC(C)SCc1noc(C2(C)COCC2N)n1. The molecule has 1 fully saturated rings. The monoisotopic (exact) mass is 271 g/mol. The van der Waals surface area contributed by atoms with Gasteiger partial charge in [-0.2, -0.15) is 16.7 Å². The van der Waals surface area contributed by atoms with E-state index in [9.17, 15) is 0 Å². The van der Waals surface area contributed by atoms with Gasteiger partial charge in [-0.15, -0.1) is 0 Å². The second-order valence-corrected chi connectivity index (χ2v) is 6.51.